The fraction of sp³-hybridized carbons (Fsp3) is 0.684. The van der Waals surface area contributed by atoms with Gasteiger partial charge in [0.25, 0.3) is 0 Å². The molecular weight excluding hydrogens is 459 g/mol. The van der Waals surface area contributed by atoms with Gasteiger partial charge in [0.1, 0.15) is 6.10 Å². The highest BCUT2D eigenvalue weighted by Crippen LogP contribution is 2.21. The molecule has 1 N–H and O–H groups in total. The molecule has 2 atom stereocenters. The molecule has 152 valence electrons. The lowest BCUT2D eigenvalue weighted by Crippen LogP contribution is -2.53. The van der Waals surface area contributed by atoms with E-state index in [1.54, 1.807) is 6.20 Å². The first-order valence-electron chi connectivity index (χ1n) is 9.64. The number of guanidine groups is 1. The smallest absolute Gasteiger partial charge is 0.213 e. The molecule has 0 amide bonds. The lowest BCUT2D eigenvalue weighted by atomic mass is 10.1. The van der Waals surface area contributed by atoms with Crippen LogP contribution in [0.5, 0.6) is 5.88 Å². The summed E-state index contributed by atoms with van der Waals surface area (Å²) in [6, 6.07) is 3.93. The first-order valence-corrected chi connectivity index (χ1v) is 9.64. The van der Waals surface area contributed by atoms with E-state index in [0.717, 1.165) is 50.6 Å². The maximum Gasteiger partial charge on any atom is 0.213 e. The molecule has 2 saturated heterocycles. The zero-order valence-corrected chi connectivity index (χ0v) is 18.6. The lowest BCUT2D eigenvalue weighted by molar-refractivity contribution is -0.0817. The van der Waals surface area contributed by atoms with Gasteiger partial charge in [0.05, 0.1) is 25.9 Å². The number of morpholine rings is 1. The van der Waals surface area contributed by atoms with Crippen LogP contribution in [-0.2, 0) is 16.0 Å². The number of hydrogen-bond donors (Lipinski definition) is 1. The molecule has 3 rings (SSSR count). The molecule has 0 aromatic carbocycles. The fourth-order valence-corrected chi connectivity index (χ4v) is 3.36. The summed E-state index contributed by atoms with van der Waals surface area (Å²) in [5.74, 6) is 1.57. The van der Waals surface area contributed by atoms with Crippen molar-refractivity contribution in [1.29, 1.82) is 0 Å². The average molecular weight is 490 g/mol. The molecule has 1 aromatic heterocycles. The molecule has 0 bridgehead atoms. The normalized spacial score (nSPS) is 23.0. The second-order valence-corrected chi connectivity index (χ2v) is 6.51. The Labute approximate surface area is 178 Å². The van der Waals surface area contributed by atoms with Crippen molar-refractivity contribution < 1.29 is 14.2 Å². The Morgan fingerprint density at radius 2 is 2.19 bits per heavy atom. The van der Waals surface area contributed by atoms with Crippen LogP contribution in [0.25, 0.3) is 0 Å². The summed E-state index contributed by atoms with van der Waals surface area (Å²) in [6.45, 7) is 9.30. The summed E-state index contributed by atoms with van der Waals surface area (Å²) < 4.78 is 17.2. The number of halogens is 1. The predicted octanol–water partition coefficient (Wildman–Crippen LogP) is 2.44. The summed E-state index contributed by atoms with van der Waals surface area (Å²) >= 11 is 0. The zero-order valence-electron chi connectivity index (χ0n) is 16.2. The molecule has 2 fully saturated rings. The predicted molar refractivity (Wildman–Crippen MR) is 116 cm³/mol. The number of rotatable bonds is 6. The van der Waals surface area contributed by atoms with E-state index < -0.39 is 0 Å². The van der Waals surface area contributed by atoms with Crippen molar-refractivity contribution in [3.63, 3.8) is 0 Å². The number of aromatic nitrogens is 1. The van der Waals surface area contributed by atoms with E-state index in [4.69, 9.17) is 19.2 Å². The maximum absolute atomic E-state index is 5.95. The van der Waals surface area contributed by atoms with Crippen LogP contribution in [0.4, 0.5) is 0 Å². The molecule has 27 heavy (non-hydrogen) atoms. The fourth-order valence-electron chi connectivity index (χ4n) is 3.36. The highest BCUT2D eigenvalue weighted by atomic mass is 127. The Bertz CT molecular complexity index is 596. The van der Waals surface area contributed by atoms with Crippen LogP contribution in [0.2, 0.25) is 0 Å². The average Bonchev–Trinajstić information content (AvgIpc) is 3.21. The van der Waals surface area contributed by atoms with Crippen LogP contribution >= 0.6 is 24.0 Å². The zero-order chi connectivity index (χ0) is 18.2. The molecule has 0 aliphatic carbocycles. The lowest BCUT2D eigenvalue weighted by Gasteiger charge is -2.37. The summed E-state index contributed by atoms with van der Waals surface area (Å²) in [5.41, 5.74) is 1.09. The third kappa shape index (κ3) is 6.46. The Hall–Kier alpha value is -1.13. The van der Waals surface area contributed by atoms with Gasteiger partial charge in [0.15, 0.2) is 5.96 Å². The number of nitrogens with one attached hydrogen (secondary N) is 1. The van der Waals surface area contributed by atoms with Crippen LogP contribution in [0.3, 0.4) is 0 Å². The second kappa shape index (κ2) is 11.7. The molecule has 3 heterocycles. The van der Waals surface area contributed by atoms with Crippen molar-refractivity contribution >= 4 is 29.9 Å². The van der Waals surface area contributed by atoms with Gasteiger partial charge in [-0.3, -0.25) is 0 Å². The van der Waals surface area contributed by atoms with Gasteiger partial charge >= 0.3 is 0 Å². The topological polar surface area (TPSA) is 68.2 Å². The van der Waals surface area contributed by atoms with Gasteiger partial charge in [0, 0.05) is 38.5 Å². The van der Waals surface area contributed by atoms with E-state index >= 15 is 0 Å². The third-order valence-electron chi connectivity index (χ3n) is 4.61. The number of pyridine rings is 1. The van der Waals surface area contributed by atoms with Crippen LogP contribution in [0.1, 0.15) is 32.3 Å². The molecule has 2 unspecified atom stereocenters. The van der Waals surface area contributed by atoms with E-state index in [0.29, 0.717) is 25.6 Å². The van der Waals surface area contributed by atoms with Crippen molar-refractivity contribution in [3.05, 3.63) is 23.9 Å². The van der Waals surface area contributed by atoms with E-state index in [1.165, 1.54) is 0 Å². The van der Waals surface area contributed by atoms with Gasteiger partial charge in [0.2, 0.25) is 5.88 Å². The minimum absolute atomic E-state index is 0. The van der Waals surface area contributed by atoms with Gasteiger partial charge in [-0.1, -0.05) is 0 Å². The van der Waals surface area contributed by atoms with Crippen LogP contribution in [-0.4, -0.2) is 67.5 Å². The largest absolute Gasteiger partial charge is 0.478 e. The van der Waals surface area contributed by atoms with Crippen LogP contribution < -0.4 is 10.1 Å². The minimum atomic E-state index is 0. The van der Waals surface area contributed by atoms with Gasteiger partial charge in [-0.2, -0.15) is 0 Å². The maximum atomic E-state index is 5.95. The number of nitrogens with zero attached hydrogens (tertiary/aromatic N) is 3. The van der Waals surface area contributed by atoms with Crippen LogP contribution in [0, 0.1) is 0 Å². The molecule has 8 heteroatoms. The van der Waals surface area contributed by atoms with E-state index in [2.05, 4.69) is 22.1 Å². The van der Waals surface area contributed by atoms with Gasteiger partial charge < -0.3 is 24.4 Å². The summed E-state index contributed by atoms with van der Waals surface area (Å²) in [7, 11) is 0. The molecule has 2 aliphatic rings. The molecule has 0 saturated carbocycles. The van der Waals surface area contributed by atoms with Crippen molar-refractivity contribution in [1.82, 2.24) is 15.2 Å². The summed E-state index contributed by atoms with van der Waals surface area (Å²) in [5, 5.41) is 3.41. The highest BCUT2D eigenvalue weighted by molar-refractivity contribution is 14.0. The summed E-state index contributed by atoms with van der Waals surface area (Å²) in [6.07, 6.45) is 4.33. The first kappa shape index (κ1) is 22.2. The molecule has 0 radical (unpaired) electrons. The molecular formula is C19H31IN4O3. The summed E-state index contributed by atoms with van der Waals surface area (Å²) in [4.78, 5) is 11.3. The van der Waals surface area contributed by atoms with E-state index in [-0.39, 0.29) is 36.2 Å². The second-order valence-electron chi connectivity index (χ2n) is 6.51. The highest BCUT2D eigenvalue weighted by Gasteiger charge is 2.32. The number of hydrogen-bond acceptors (Lipinski definition) is 5. The minimum Gasteiger partial charge on any atom is -0.478 e. The van der Waals surface area contributed by atoms with Gasteiger partial charge in [-0.25, -0.2) is 9.98 Å². The quantitative estimate of drug-likeness (QED) is 0.376. The van der Waals surface area contributed by atoms with Gasteiger partial charge in [-0.15, -0.1) is 24.0 Å². The Balaban J connectivity index is 0.00000261. The van der Waals surface area contributed by atoms with Crippen LogP contribution in [0.15, 0.2) is 23.3 Å². The Morgan fingerprint density at radius 1 is 1.33 bits per heavy atom. The SMILES string of the molecule is CCNC(=NCc1ccnc(OCC)c1)N1CCOC(C2CCCO2)C1.I. The molecule has 1 aromatic rings. The molecule has 2 aliphatic heterocycles. The third-order valence-corrected chi connectivity index (χ3v) is 4.61. The first-order chi connectivity index (χ1) is 12.8. The van der Waals surface area contributed by atoms with E-state index in [9.17, 15) is 0 Å². The van der Waals surface area contributed by atoms with Crippen molar-refractivity contribution in [3.8, 4) is 5.88 Å². The Morgan fingerprint density at radius 3 is 2.93 bits per heavy atom. The molecule has 0 spiro atoms. The standard InChI is InChI=1S/C19H30N4O3.HI/c1-3-20-19(22-13-15-7-8-21-18(12-15)24-4-2)23-9-11-26-17(14-23)16-6-5-10-25-16;/h7-8,12,16-17H,3-6,9-11,13-14H2,1-2H3,(H,20,22);1H. The Kier molecular flexibility index (Phi) is 9.57. The molecule has 7 nitrogen and oxygen atoms in total. The number of ether oxygens (including phenoxy) is 3. The monoisotopic (exact) mass is 490 g/mol. The number of aliphatic imine (C=N–C) groups is 1. The van der Waals surface area contributed by atoms with Crippen molar-refractivity contribution in [2.24, 2.45) is 4.99 Å². The van der Waals surface area contributed by atoms with E-state index in [1.807, 2.05) is 19.1 Å². The van der Waals surface area contributed by atoms with Crippen molar-refractivity contribution in [2.75, 3.05) is 39.5 Å². The van der Waals surface area contributed by atoms with Crippen molar-refractivity contribution in [2.45, 2.75) is 45.4 Å². The van der Waals surface area contributed by atoms with Gasteiger partial charge in [-0.05, 0) is 38.3 Å².